The van der Waals surface area contributed by atoms with Crippen molar-refractivity contribution in [1.29, 1.82) is 0 Å². The first-order valence-electron chi connectivity index (χ1n) is 14.5. The number of carbonyl (C=O) groups excluding carboxylic acids is 1. The van der Waals surface area contributed by atoms with Crippen LogP contribution in [0.2, 0.25) is 21.8 Å². The maximum atomic E-state index is 13.1. The maximum absolute atomic E-state index is 13.1. The Morgan fingerprint density at radius 3 is 2.29 bits per heavy atom. The smallest absolute Gasteiger partial charge is 0.338 e. The van der Waals surface area contributed by atoms with Crippen LogP contribution in [0.1, 0.15) is 72.0 Å². The first-order chi connectivity index (χ1) is 19.4. The van der Waals surface area contributed by atoms with Crippen LogP contribution in [0.4, 0.5) is 0 Å². The van der Waals surface area contributed by atoms with Crippen molar-refractivity contribution in [3.8, 4) is 0 Å². The van der Waals surface area contributed by atoms with Gasteiger partial charge in [0, 0.05) is 19.1 Å². The van der Waals surface area contributed by atoms with Gasteiger partial charge >= 0.3 is 5.97 Å². The van der Waals surface area contributed by atoms with Gasteiger partial charge in [0.2, 0.25) is 0 Å². The average Bonchev–Trinajstić information content (AvgIpc) is 3.37. The molecule has 2 atom stereocenters. The van der Waals surface area contributed by atoms with Crippen LogP contribution < -0.4 is 0 Å². The summed E-state index contributed by atoms with van der Waals surface area (Å²) in [5.74, 6) is -0.389. The van der Waals surface area contributed by atoms with Crippen LogP contribution in [0.15, 0.2) is 43.0 Å². The predicted octanol–water partition coefficient (Wildman–Crippen LogP) is 6.51. The molecule has 0 N–H and O–H groups in total. The van der Waals surface area contributed by atoms with Crippen LogP contribution >= 0.6 is 11.6 Å². The third kappa shape index (κ3) is 6.51. The normalized spacial score (nSPS) is 20.6. The fourth-order valence-corrected chi connectivity index (χ4v) is 12.1. The van der Waals surface area contributed by atoms with E-state index < -0.39 is 20.1 Å². The number of carbonyl (C=O) groups is 1. The number of rotatable bonds is 11. The summed E-state index contributed by atoms with van der Waals surface area (Å²) in [6.07, 6.45) is 2.66. The fraction of sp³-hybridized carbons (Fsp3) is 0.600. The van der Waals surface area contributed by atoms with Gasteiger partial charge < -0.3 is 13.9 Å². The first-order valence-corrected chi connectivity index (χ1v) is 17.0. The second-order valence-electron chi connectivity index (χ2n) is 12.3. The van der Waals surface area contributed by atoms with Crippen LogP contribution in [0, 0.1) is 0 Å². The summed E-state index contributed by atoms with van der Waals surface area (Å²) in [6, 6.07) is 9.25. The molecule has 0 spiro atoms. The molecule has 224 valence electrons. The molecule has 4 rings (SSSR count). The van der Waals surface area contributed by atoms with Crippen molar-refractivity contribution in [3.63, 3.8) is 0 Å². The predicted molar refractivity (Wildman–Crippen MR) is 164 cm³/mol. The standard InChI is InChI=1S/C30H44ClN5O4Si/c1-20(2)35-14-25(36-19-34-26-27(31)32-18-33-28(26)36)40-30(15-35,16-38-29(37)24-12-10-9-11-13-24)17-39-41(21(3)4,22(5)6)23(7)8/h9-13,18-23,25H,14-17H2,1-8H3/t25-,30+/m1/s1. The van der Waals surface area contributed by atoms with Gasteiger partial charge in [0.05, 0.1) is 18.5 Å². The molecule has 1 fully saturated rings. The minimum atomic E-state index is -2.26. The monoisotopic (exact) mass is 601 g/mol. The molecule has 3 heterocycles. The highest BCUT2D eigenvalue weighted by Crippen LogP contribution is 2.43. The molecular weight excluding hydrogens is 558 g/mol. The highest BCUT2D eigenvalue weighted by atomic mass is 35.5. The number of nitrogens with zero attached hydrogens (tertiary/aromatic N) is 5. The lowest BCUT2D eigenvalue weighted by Gasteiger charge is -2.50. The fourth-order valence-electron chi connectivity index (χ4n) is 6.38. The van der Waals surface area contributed by atoms with Crippen molar-refractivity contribution >= 4 is 37.1 Å². The largest absolute Gasteiger partial charge is 0.459 e. The molecule has 0 saturated carbocycles. The molecule has 1 aromatic carbocycles. The molecule has 0 unspecified atom stereocenters. The number of hydrogen-bond donors (Lipinski definition) is 0. The van der Waals surface area contributed by atoms with Gasteiger partial charge in [0.15, 0.2) is 19.1 Å². The number of esters is 1. The van der Waals surface area contributed by atoms with Crippen LogP contribution in [-0.4, -0.2) is 76.7 Å². The van der Waals surface area contributed by atoms with E-state index in [1.54, 1.807) is 18.5 Å². The summed E-state index contributed by atoms with van der Waals surface area (Å²) < 4.78 is 22.0. The minimum absolute atomic E-state index is 0.0432. The number of halogens is 1. The maximum Gasteiger partial charge on any atom is 0.338 e. The van der Waals surface area contributed by atoms with E-state index in [4.69, 9.17) is 25.5 Å². The number of fused-ring (bicyclic) bond motifs is 1. The third-order valence-corrected chi connectivity index (χ3v) is 14.7. The molecule has 41 heavy (non-hydrogen) atoms. The van der Waals surface area contributed by atoms with Crippen molar-refractivity contribution < 1.29 is 18.7 Å². The van der Waals surface area contributed by atoms with Crippen molar-refractivity contribution in [2.45, 2.75) is 89.9 Å². The van der Waals surface area contributed by atoms with E-state index in [-0.39, 0.29) is 18.6 Å². The molecule has 1 aliphatic rings. The van der Waals surface area contributed by atoms with Crippen LogP contribution in [-0.2, 0) is 13.9 Å². The topological polar surface area (TPSA) is 91.6 Å². The minimum Gasteiger partial charge on any atom is -0.459 e. The van der Waals surface area contributed by atoms with E-state index >= 15 is 0 Å². The van der Waals surface area contributed by atoms with E-state index in [0.717, 1.165) is 0 Å². The molecular formula is C30H44ClN5O4Si. The summed E-state index contributed by atoms with van der Waals surface area (Å²) in [5.41, 5.74) is 1.85. The van der Waals surface area contributed by atoms with Gasteiger partial charge in [0.1, 0.15) is 30.3 Å². The third-order valence-electron chi connectivity index (χ3n) is 8.39. The van der Waals surface area contributed by atoms with Crippen molar-refractivity contribution in [3.05, 3.63) is 53.7 Å². The first kappa shape index (κ1) is 31.6. The Balaban J connectivity index is 1.74. The number of imidazole rings is 1. The Bertz CT molecular complexity index is 1300. The van der Waals surface area contributed by atoms with Gasteiger partial charge in [-0.05, 0) is 42.6 Å². The van der Waals surface area contributed by atoms with Crippen LogP contribution in [0.25, 0.3) is 11.2 Å². The molecule has 3 aromatic rings. The second kappa shape index (κ2) is 12.9. The van der Waals surface area contributed by atoms with Gasteiger partial charge in [0.25, 0.3) is 0 Å². The molecule has 1 saturated heterocycles. The molecule has 9 nitrogen and oxygen atoms in total. The number of benzene rings is 1. The number of hydrogen-bond acceptors (Lipinski definition) is 8. The molecule has 2 aromatic heterocycles. The van der Waals surface area contributed by atoms with Gasteiger partial charge in [-0.25, -0.2) is 19.7 Å². The van der Waals surface area contributed by atoms with E-state index in [1.807, 2.05) is 22.8 Å². The van der Waals surface area contributed by atoms with E-state index in [2.05, 4.69) is 75.2 Å². The Labute approximate surface area is 249 Å². The highest BCUT2D eigenvalue weighted by Gasteiger charge is 2.50. The SMILES string of the molecule is CC(C)N1C[C@H](n2cnc3c(Cl)ncnc32)O[C@@](COC(=O)c2ccccc2)(CO[Si](C(C)C)(C(C)C)C(C)C)C1. The van der Waals surface area contributed by atoms with Gasteiger partial charge in [-0.2, -0.15) is 0 Å². The quantitative estimate of drug-likeness (QED) is 0.140. The van der Waals surface area contributed by atoms with E-state index in [1.165, 1.54) is 6.33 Å². The zero-order valence-corrected chi connectivity index (χ0v) is 27.3. The lowest BCUT2D eigenvalue weighted by Crippen LogP contribution is -2.62. The summed E-state index contributed by atoms with van der Waals surface area (Å²) in [5, 5.41) is 0.290. The molecule has 1 aliphatic heterocycles. The van der Waals surface area contributed by atoms with E-state index in [0.29, 0.717) is 58.2 Å². The summed E-state index contributed by atoms with van der Waals surface area (Å²) >= 11 is 6.32. The second-order valence-corrected chi connectivity index (χ2v) is 18.1. The Hall–Kier alpha value is -2.37. The van der Waals surface area contributed by atoms with E-state index in [9.17, 15) is 4.79 Å². The van der Waals surface area contributed by atoms with Crippen molar-refractivity contribution in [2.75, 3.05) is 26.3 Å². The van der Waals surface area contributed by atoms with Gasteiger partial charge in [-0.15, -0.1) is 0 Å². The number of ether oxygens (including phenoxy) is 2. The van der Waals surface area contributed by atoms with Crippen molar-refractivity contribution in [1.82, 2.24) is 24.4 Å². The lowest BCUT2D eigenvalue weighted by molar-refractivity contribution is -0.215. The van der Waals surface area contributed by atoms with Gasteiger partial charge in [-0.3, -0.25) is 9.47 Å². The van der Waals surface area contributed by atoms with Gasteiger partial charge in [-0.1, -0.05) is 71.3 Å². The zero-order chi connectivity index (χ0) is 29.9. The summed E-state index contributed by atoms with van der Waals surface area (Å²) in [6.45, 7) is 19.4. The summed E-state index contributed by atoms with van der Waals surface area (Å²) in [7, 11) is -2.26. The van der Waals surface area contributed by atoms with Crippen molar-refractivity contribution in [2.24, 2.45) is 0 Å². The van der Waals surface area contributed by atoms with Crippen LogP contribution in [0.5, 0.6) is 0 Å². The summed E-state index contributed by atoms with van der Waals surface area (Å²) in [4.78, 5) is 28.5. The number of morpholine rings is 1. The molecule has 0 amide bonds. The van der Waals surface area contributed by atoms with Crippen LogP contribution in [0.3, 0.4) is 0 Å². The Morgan fingerprint density at radius 1 is 1.02 bits per heavy atom. The molecule has 0 radical (unpaired) electrons. The molecule has 0 bridgehead atoms. The average molecular weight is 602 g/mol. The number of aromatic nitrogens is 4. The molecule has 0 aliphatic carbocycles. The zero-order valence-electron chi connectivity index (χ0n) is 25.5. The Morgan fingerprint density at radius 2 is 1.68 bits per heavy atom. The Kier molecular flexibility index (Phi) is 9.91. The highest BCUT2D eigenvalue weighted by molar-refractivity contribution is 6.77. The molecule has 11 heteroatoms. The lowest BCUT2D eigenvalue weighted by atomic mass is 10.0.